The standard InChI is InChI=1S/C20H26O17/c1-9(21)17(27)36-10(2)18(28)34-7-15(25)32-8-16(26)35-12(4)20(30)37-11(3)19(29)33-6-14(24)31-5-13(22)23/h9-12,21H,5-8H2,1-4H3,(H,22,23). The second-order valence-electron chi connectivity index (χ2n) is 6.90. The van der Waals surface area contributed by atoms with Crippen LogP contribution in [0.1, 0.15) is 27.7 Å². The van der Waals surface area contributed by atoms with Crippen molar-refractivity contribution >= 4 is 47.8 Å². The molecule has 37 heavy (non-hydrogen) atoms. The minimum absolute atomic E-state index is 0.939. The molecule has 2 N–H and O–H groups in total. The number of aliphatic carboxylic acids is 1. The molecule has 0 aliphatic heterocycles. The van der Waals surface area contributed by atoms with Crippen LogP contribution in [0.25, 0.3) is 0 Å². The van der Waals surface area contributed by atoms with Gasteiger partial charge < -0.3 is 43.4 Å². The molecule has 0 aliphatic rings. The maximum Gasteiger partial charge on any atom is 0.347 e. The van der Waals surface area contributed by atoms with Crippen LogP contribution in [0.15, 0.2) is 0 Å². The Labute approximate surface area is 208 Å². The zero-order chi connectivity index (χ0) is 28.7. The predicted octanol–water partition coefficient (Wildman–Crippen LogP) is -2.58. The summed E-state index contributed by atoms with van der Waals surface area (Å²) in [5.74, 6) is -9.58. The lowest BCUT2D eigenvalue weighted by atomic mass is 10.3. The Morgan fingerprint density at radius 2 is 0.892 bits per heavy atom. The summed E-state index contributed by atoms with van der Waals surface area (Å²) in [4.78, 5) is 91.2. The zero-order valence-electron chi connectivity index (χ0n) is 20.2. The fraction of sp³-hybridized carbons (Fsp3) is 0.600. The van der Waals surface area contributed by atoms with Gasteiger partial charge in [-0.25, -0.2) is 38.4 Å². The highest BCUT2D eigenvalue weighted by molar-refractivity contribution is 5.85. The lowest BCUT2D eigenvalue weighted by Crippen LogP contribution is -2.35. The minimum atomic E-state index is -1.57. The molecule has 0 bridgehead atoms. The molecule has 0 aromatic rings. The molecule has 0 aromatic heterocycles. The number of carbonyl (C=O) groups excluding carboxylic acids is 7. The molecule has 0 aliphatic carbocycles. The number of carboxylic acid groups (broad SMARTS) is 1. The topological polar surface area (TPSA) is 242 Å². The van der Waals surface area contributed by atoms with E-state index in [4.69, 9.17) is 14.9 Å². The summed E-state index contributed by atoms with van der Waals surface area (Å²) >= 11 is 0. The molecule has 0 heterocycles. The summed E-state index contributed by atoms with van der Waals surface area (Å²) < 4.78 is 31.7. The van der Waals surface area contributed by atoms with Crippen LogP contribution < -0.4 is 0 Å². The van der Waals surface area contributed by atoms with Gasteiger partial charge in [0.05, 0.1) is 0 Å². The second-order valence-corrected chi connectivity index (χ2v) is 6.90. The van der Waals surface area contributed by atoms with Crippen molar-refractivity contribution in [2.45, 2.75) is 52.1 Å². The highest BCUT2D eigenvalue weighted by Gasteiger charge is 2.27. The van der Waals surface area contributed by atoms with Crippen LogP contribution in [-0.4, -0.2) is 109 Å². The van der Waals surface area contributed by atoms with Crippen molar-refractivity contribution in [1.82, 2.24) is 0 Å². The number of aliphatic hydroxyl groups excluding tert-OH is 1. The Morgan fingerprint density at radius 3 is 1.32 bits per heavy atom. The lowest BCUT2D eigenvalue weighted by Gasteiger charge is -2.16. The smallest absolute Gasteiger partial charge is 0.347 e. The van der Waals surface area contributed by atoms with E-state index in [1.165, 1.54) is 0 Å². The van der Waals surface area contributed by atoms with Crippen molar-refractivity contribution in [1.29, 1.82) is 0 Å². The SMILES string of the molecule is CC(O)C(=O)OC(C)C(=O)OCC(=O)OCC(=O)OC(C)C(=O)OC(C)C(=O)OCC(=O)OCC(=O)O. The van der Waals surface area contributed by atoms with E-state index in [2.05, 4.69) is 28.4 Å². The van der Waals surface area contributed by atoms with Crippen LogP contribution in [0.4, 0.5) is 0 Å². The van der Waals surface area contributed by atoms with Crippen molar-refractivity contribution in [3.05, 3.63) is 0 Å². The summed E-state index contributed by atoms with van der Waals surface area (Å²) in [6, 6.07) is 0. The summed E-state index contributed by atoms with van der Waals surface area (Å²) in [6.07, 6.45) is -6.03. The van der Waals surface area contributed by atoms with Crippen LogP contribution >= 0.6 is 0 Å². The first-order valence-corrected chi connectivity index (χ1v) is 10.3. The van der Waals surface area contributed by atoms with Crippen LogP contribution in [0, 0.1) is 0 Å². The maximum atomic E-state index is 11.9. The number of hydrogen-bond acceptors (Lipinski definition) is 16. The monoisotopic (exact) mass is 538 g/mol. The normalized spacial score (nSPS) is 13.4. The van der Waals surface area contributed by atoms with E-state index >= 15 is 0 Å². The third-order valence-electron chi connectivity index (χ3n) is 3.60. The number of hydrogen-bond donors (Lipinski definition) is 2. The number of esters is 7. The molecule has 0 rings (SSSR count). The highest BCUT2D eigenvalue weighted by atomic mass is 16.6. The Hall–Kier alpha value is -4.28. The number of aliphatic hydroxyl groups is 1. The highest BCUT2D eigenvalue weighted by Crippen LogP contribution is 2.03. The van der Waals surface area contributed by atoms with Crippen LogP contribution in [0.5, 0.6) is 0 Å². The zero-order valence-corrected chi connectivity index (χ0v) is 20.2. The molecule has 0 aromatic carbocycles. The second kappa shape index (κ2) is 16.4. The molecule has 0 spiro atoms. The van der Waals surface area contributed by atoms with Gasteiger partial charge in [0.15, 0.2) is 44.7 Å². The lowest BCUT2D eigenvalue weighted by molar-refractivity contribution is -0.181. The molecule has 0 amide bonds. The van der Waals surface area contributed by atoms with E-state index in [0.717, 1.165) is 27.7 Å². The van der Waals surface area contributed by atoms with Gasteiger partial charge in [0.25, 0.3) is 0 Å². The molecule has 0 saturated heterocycles. The van der Waals surface area contributed by atoms with Gasteiger partial charge in [-0.15, -0.1) is 0 Å². The van der Waals surface area contributed by atoms with Gasteiger partial charge in [-0.1, -0.05) is 0 Å². The van der Waals surface area contributed by atoms with Gasteiger partial charge >= 0.3 is 47.8 Å². The minimum Gasteiger partial charge on any atom is -0.479 e. The van der Waals surface area contributed by atoms with Gasteiger partial charge in [0.1, 0.15) is 6.10 Å². The summed E-state index contributed by atoms with van der Waals surface area (Å²) in [6.45, 7) is 0.563. The Balaban J connectivity index is 4.33. The van der Waals surface area contributed by atoms with Crippen LogP contribution in [0.3, 0.4) is 0 Å². The Morgan fingerprint density at radius 1 is 0.514 bits per heavy atom. The molecule has 17 heteroatoms. The maximum absolute atomic E-state index is 11.9. The third-order valence-corrected chi connectivity index (χ3v) is 3.60. The molecule has 4 unspecified atom stereocenters. The molecular formula is C20H26O17. The number of ether oxygens (including phenoxy) is 7. The van der Waals surface area contributed by atoms with E-state index in [-0.39, 0.29) is 0 Å². The van der Waals surface area contributed by atoms with Gasteiger partial charge in [-0.3, -0.25) is 0 Å². The van der Waals surface area contributed by atoms with Crippen molar-refractivity contribution in [3.8, 4) is 0 Å². The molecular weight excluding hydrogens is 512 g/mol. The van der Waals surface area contributed by atoms with E-state index in [9.17, 15) is 38.4 Å². The largest absolute Gasteiger partial charge is 0.479 e. The fourth-order valence-corrected chi connectivity index (χ4v) is 1.78. The van der Waals surface area contributed by atoms with Crippen LogP contribution in [0.2, 0.25) is 0 Å². The average Bonchev–Trinajstić information content (AvgIpc) is 2.82. The van der Waals surface area contributed by atoms with E-state index in [0.29, 0.717) is 0 Å². The number of rotatable bonds is 15. The van der Waals surface area contributed by atoms with Crippen LogP contribution in [-0.2, 0) is 71.5 Å². The summed E-state index contributed by atoms with van der Waals surface area (Å²) in [7, 11) is 0. The first kappa shape index (κ1) is 32.7. The fourth-order valence-electron chi connectivity index (χ4n) is 1.78. The molecule has 0 fully saturated rings. The van der Waals surface area contributed by atoms with Crippen molar-refractivity contribution in [3.63, 3.8) is 0 Å². The van der Waals surface area contributed by atoms with Gasteiger partial charge in [0.2, 0.25) is 0 Å². The first-order valence-electron chi connectivity index (χ1n) is 10.3. The first-order chi connectivity index (χ1) is 17.1. The van der Waals surface area contributed by atoms with Crippen molar-refractivity contribution in [2.24, 2.45) is 0 Å². The Bertz CT molecular complexity index is 876. The summed E-state index contributed by atoms with van der Waals surface area (Å²) in [5, 5.41) is 17.4. The van der Waals surface area contributed by atoms with Gasteiger partial charge in [-0.05, 0) is 27.7 Å². The molecule has 0 radical (unpaired) electrons. The quantitative estimate of drug-likeness (QED) is 0.161. The molecule has 4 atom stereocenters. The number of carbonyl (C=O) groups is 8. The molecule has 0 saturated carbocycles. The van der Waals surface area contributed by atoms with Gasteiger partial charge in [0, 0.05) is 0 Å². The van der Waals surface area contributed by atoms with E-state index in [1.54, 1.807) is 0 Å². The molecule has 208 valence electrons. The number of carboxylic acids is 1. The van der Waals surface area contributed by atoms with E-state index in [1.807, 2.05) is 0 Å². The van der Waals surface area contributed by atoms with Crippen molar-refractivity contribution < 1.29 is 81.7 Å². The predicted molar refractivity (Wildman–Crippen MR) is 110 cm³/mol. The Kier molecular flexibility index (Phi) is 14.5. The average molecular weight is 538 g/mol. The van der Waals surface area contributed by atoms with E-state index < -0.39 is 98.6 Å². The molecule has 17 nitrogen and oxygen atoms in total. The van der Waals surface area contributed by atoms with Gasteiger partial charge in [-0.2, -0.15) is 0 Å². The third kappa shape index (κ3) is 14.7. The van der Waals surface area contributed by atoms with Crippen molar-refractivity contribution in [2.75, 3.05) is 26.4 Å². The summed E-state index contributed by atoms with van der Waals surface area (Å²) in [5.41, 5.74) is 0.